The van der Waals surface area contributed by atoms with Gasteiger partial charge in [0.1, 0.15) is 5.69 Å². The zero-order valence-corrected chi connectivity index (χ0v) is 10.3. The predicted molar refractivity (Wildman–Crippen MR) is 63.0 cm³/mol. The summed E-state index contributed by atoms with van der Waals surface area (Å²) >= 11 is 0. The van der Waals surface area contributed by atoms with Gasteiger partial charge in [-0.05, 0) is 6.07 Å². The van der Waals surface area contributed by atoms with Crippen LogP contribution >= 0.6 is 0 Å². The highest BCUT2D eigenvalue weighted by Gasteiger charge is 2.34. The number of halogens is 3. The summed E-state index contributed by atoms with van der Waals surface area (Å²) < 4.78 is 43.7. The van der Waals surface area contributed by atoms with E-state index >= 15 is 0 Å². The van der Waals surface area contributed by atoms with E-state index in [4.69, 9.17) is 10.4 Å². The molecular weight excluding hydrogens is 293 g/mol. The Kier molecular flexibility index (Phi) is 3.80. The van der Waals surface area contributed by atoms with Crippen molar-refractivity contribution >= 4 is 5.91 Å². The van der Waals surface area contributed by atoms with E-state index < -0.39 is 29.9 Å². The van der Waals surface area contributed by atoms with E-state index in [2.05, 4.69) is 5.16 Å². The number of aromatic nitrogens is 2. The Morgan fingerprint density at radius 3 is 2.76 bits per heavy atom. The number of nitrogens with two attached hydrogens (primary N) is 1. The normalized spacial score (nSPS) is 11.4. The van der Waals surface area contributed by atoms with Crippen LogP contribution in [0.3, 0.4) is 0 Å². The van der Waals surface area contributed by atoms with E-state index in [0.717, 1.165) is 24.3 Å². The molecule has 0 unspecified atom stereocenters. The number of nitrogen functional groups attached to an aromatic ring is 1. The standard InChI is InChI=1S/C11H9F3N4O3/c12-11(13,14)8-2-1-3-9(19)18(8)5-6-4-7(17-21-6)10(20)16-15/h1-4H,5,15H2,(H,16,20). The minimum Gasteiger partial charge on any atom is -0.359 e. The highest BCUT2D eigenvalue weighted by atomic mass is 19.4. The fraction of sp³-hybridized carbons (Fsp3) is 0.182. The molecule has 0 aliphatic carbocycles. The van der Waals surface area contributed by atoms with Gasteiger partial charge in [0.15, 0.2) is 11.5 Å². The van der Waals surface area contributed by atoms with Crippen molar-refractivity contribution in [2.75, 3.05) is 0 Å². The second-order valence-corrected chi connectivity index (χ2v) is 3.99. The summed E-state index contributed by atoms with van der Waals surface area (Å²) in [4.78, 5) is 22.8. The number of rotatable bonds is 3. The average molecular weight is 302 g/mol. The van der Waals surface area contributed by atoms with Crippen LogP contribution in [0.2, 0.25) is 0 Å². The summed E-state index contributed by atoms with van der Waals surface area (Å²) in [7, 11) is 0. The van der Waals surface area contributed by atoms with Crippen LogP contribution in [0.5, 0.6) is 0 Å². The monoisotopic (exact) mass is 302 g/mol. The second-order valence-electron chi connectivity index (χ2n) is 3.99. The lowest BCUT2D eigenvalue weighted by molar-refractivity contribution is -0.144. The maximum absolute atomic E-state index is 12.8. The second kappa shape index (κ2) is 5.40. The number of hydrazine groups is 1. The highest BCUT2D eigenvalue weighted by molar-refractivity contribution is 5.91. The highest BCUT2D eigenvalue weighted by Crippen LogP contribution is 2.28. The van der Waals surface area contributed by atoms with E-state index in [1.807, 2.05) is 0 Å². The molecule has 0 radical (unpaired) electrons. The summed E-state index contributed by atoms with van der Waals surface area (Å²) in [5.41, 5.74) is -0.392. The third-order valence-electron chi connectivity index (χ3n) is 2.58. The minimum absolute atomic E-state index is 0.0904. The van der Waals surface area contributed by atoms with Crippen LogP contribution in [0.4, 0.5) is 13.2 Å². The van der Waals surface area contributed by atoms with E-state index in [1.165, 1.54) is 0 Å². The lowest BCUT2D eigenvalue weighted by Crippen LogP contribution is -2.30. The molecule has 2 rings (SSSR count). The number of hydrogen-bond acceptors (Lipinski definition) is 5. The first-order valence-electron chi connectivity index (χ1n) is 5.56. The average Bonchev–Trinajstić information content (AvgIpc) is 2.87. The number of nitrogens with one attached hydrogen (secondary N) is 1. The van der Waals surface area contributed by atoms with Crippen LogP contribution < -0.4 is 16.8 Å². The predicted octanol–water partition coefficient (Wildman–Crippen LogP) is 0.507. The van der Waals surface area contributed by atoms with Gasteiger partial charge in [0, 0.05) is 12.1 Å². The number of hydrogen-bond donors (Lipinski definition) is 2. The van der Waals surface area contributed by atoms with Crippen molar-refractivity contribution in [1.29, 1.82) is 0 Å². The largest absolute Gasteiger partial charge is 0.431 e. The summed E-state index contributed by atoms with van der Waals surface area (Å²) in [6.45, 7) is -0.515. The van der Waals surface area contributed by atoms with E-state index in [9.17, 15) is 22.8 Å². The van der Waals surface area contributed by atoms with Gasteiger partial charge < -0.3 is 4.52 Å². The Bertz CT molecular complexity index is 720. The molecule has 0 saturated carbocycles. The molecule has 112 valence electrons. The molecular formula is C11H9F3N4O3. The van der Waals surface area contributed by atoms with Crippen molar-refractivity contribution in [3.63, 3.8) is 0 Å². The van der Waals surface area contributed by atoms with Crippen LogP contribution in [0.15, 0.2) is 33.6 Å². The van der Waals surface area contributed by atoms with Crippen molar-refractivity contribution in [2.24, 2.45) is 5.84 Å². The smallest absolute Gasteiger partial charge is 0.359 e. The number of carbonyl (C=O) groups excluding carboxylic acids is 1. The van der Waals surface area contributed by atoms with E-state index in [-0.39, 0.29) is 11.5 Å². The van der Waals surface area contributed by atoms with Gasteiger partial charge in [0.2, 0.25) is 0 Å². The van der Waals surface area contributed by atoms with Crippen molar-refractivity contribution in [3.8, 4) is 0 Å². The Labute approximate surface area is 115 Å². The van der Waals surface area contributed by atoms with Crippen molar-refractivity contribution in [3.05, 3.63) is 51.8 Å². The third kappa shape index (κ3) is 3.11. The number of pyridine rings is 1. The van der Waals surface area contributed by atoms with Gasteiger partial charge in [0.25, 0.3) is 11.5 Å². The summed E-state index contributed by atoms with van der Waals surface area (Å²) in [5.74, 6) is 4.03. The first-order valence-corrected chi connectivity index (χ1v) is 5.56. The van der Waals surface area contributed by atoms with Crippen LogP contribution in [0.1, 0.15) is 21.9 Å². The van der Waals surface area contributed by atoms with Crippen LogP contribution in [-0.4, -0.2) is 15.6 Å². The van der Waals surface area contributed by atoms with E-state index in [0.29, 0.717) is 4.57 Å². The molecule has 10 heteroatoms. The molecule has 0 atom stereocenters. The van der Waals surface area contributed by atoms with E-state index in [1.54, 1.807) is 5.43 Å². The van der Waals surface area contributed by atoms with Crippen LogP contribution in [0, 0.1) is 0 Å². The molecule has 3 N–H and O–H groups in total. The lowest BCUT2D eigenvalue weighted by atomic mass is 10.3. The first-order chi connectivity index (χ1) is 9.82. The van der Waals surface area contributed by atoms with Gasteiger partial charge in [-0.2, -0.15) is 13.2 Å². The number of carbonyl (C=O) groups is 1. The quantitative estimate of drug-likeness (QED) is 0.488. The van der Waals surface area contributed by atoms with Crippen LogP contribution in [-0.2, 0) is 12.7 Å². The first kappa shape index (κ1) is 14.8. The molecule has 2 aromatic rings. The van der Waals surface area contributed by atoms with Crippen LogP contribution in [0.25, 0.3) is 0 Å². The van der Waals surface area contributed by atoms with Gasteiger partial charge in [-0.25, -0.2) is 5.84 Å². The molecule has 0 aromatic carbocycles. The molecule has 7 nitrogen and oxygen atoms in total. The maximum atomic E-state index is 12.8. The molecule has 21 heavy (non-hydrogen) atoms. The number of alkyl halides is 3. The number of amides is 1. The van der Waals surface area contributed by atoms with Gasteiger partial charge in [-0.1, -0.05) is 11.2 Å². The molecule has 0 saturated heterocycles. The summed E-state index contributed by atoms with van der Waals surface area (Å²) in [6, 6.07) is 3.86. The fourth-order valence-electron chi connectivity index (χ4n) is 1.66. The van der Waals surface area contributed by atoms with Crippen molar-refractivity contribution < 1.29 is 22.5 Å². The molecule has 0 fully saturated rings. The Morgan fingerprint density at radius 2 is 2.14 bits per heavy atom. The number of nitrogens with zero attached hydrogens (tertiary/aromatic N) is 2. The Hall–Kier alpha value is -2.62. The Morgan fingerprint density at radius 1 is 1.43 bits per heavy atom. The van der Waals surface area contributed by atoms with Gasteiger partial charge in [0.05, 0.1) is 6.54 Å². The minimum atomic E-state index is -4.70. The zero-order chi connectivity index (χ0) is 15.6. The summed E-state index contributed by atoms with van der Waals surface area (Å²) in [6.07, 6.45) is -4.70. The fourth-order valence-corrected chi connectivity index (χ4v) is 1.66. The summed E-state index contributed by atoms with van der Waals surface area (Å²) in [5, 5.41) is 3.34. The molecule has 2 aromatic heterocycles. The molecule has 1 amide bonds. The SMILES string of the molecule is NNC(=O)c1cc(Cn2c(C(F)(F)F)cccc2=O)on1. The van der Waals surface area contributed by atoms with Crippen molar-refractivity contribution in [2.45, 2.75) is 12.7 Å². The van der Waals surface area contributed by atoms with Gasteiger partial charge in [-0.15, -0.1) is 0 Å². The Balaban J connectivity index is 2.38. The molecule has 0 aliphatic rings. The van der Waals surface area contributed by atoms with Gasteiger partial charge in [-0.3, -0.25) is 19.6 Å². The lowest BCUT2D eigenvalue weighted by Gasteiger charge is -2.13. The maximum Gasteiger partial charge on any atom is 0.431 e. The van der Waals surface area contributed by atoms with Crippen molar-refractivity contribution in [1.82, 2.24) is 15.1 Å². The molecule has 2 heterocycles. The molecule has 0 aliphatic heterocycles. The topological polar surface area (TPSA) is 103 Å². The molecule has 0 bridgehead atoms. The van der Waals surface area contributed by atoms with Gasteiger partial charge >= 0.3 is 6.18 Å². The zero-order valence-electron chi connectivity index (χ0n) is 10.3. The molecule has 0 spiro atoms. The third-order valence-corrected chi connectivity index (χ3v) is 2.58.